The van der Waals surface area contributed by atoms with Crippen molar-refractivity contribution in [2.45, 2.75) is 63.7 Å². The summed E-state index contributed by atoms with van der Waals surface area (Å²) in [5, 5.41) is 0. The van der Waals surface area contributed by atoms with Crippen LogP contribution in [-0.2, 0) is 12.8 Å². The molecule has 0 nitrogen and oxygen atoms in total. The fourth-order valence-corrected chi connectivity index (χ4v) is 4.63. The summed E-state index contributed by atoms with van der Waals surface area (Å²) in [6.07, 6.45) is 10.0. The lowest BCUT2D eigenvalue weighted by molar-refractivity contribution is 0.487. The summed E-state index contributed by atoms with van der Waals surface area (Å²) < 4.78 is 0. The maximum Gasteiger partial charge on any atom is -0.0150 e. The summed E-state index contributed by atoms with van der Waals surface area (Å²) in [4.78, 5) is 0. The largest absolute Gasteiger partial charge is 0.0555 e. The van der Waals surface area contributed by atoms with E-state index in [2.05, 4.69) is 13.0 Å². The van der Waals surface area contributed by atoms with Crippen molar-refractivity contribution in [3.63, 3.8) is 0 Å². The van der Waals surface area contributed by atoms with Crippen molar-refractivity contribution in [2.75, 3.05) is 0 Å². The minimum absolute atomic E-state index is 0.945. The van der Waals surface area contributed by atoms with Gasteiger partial charge in [0.25, 0.3) is 0 Å². The van der Waals surface area contributed by atoms with Gasteiger partial charge in [-0.3, -0.25) is 0 Å². The summed E-state index contributed by atoms with van der Waals surface area (Å²) in [6, 6.07) is 2.52. The van der Waals surface area contributed by atoms with Crippen molar-refractivity contribution >= 4 is 0 Å². The Labute approximate surface area is 98.1 Å². The van der Waals surface area contributed by atoms with Gasteiger partial charge in [0.1, 0.15) is 0 Å². The van der Waals surface area contributed by atoms with Crippen LogP contribution in [0.25, 0.3) is 0 Å². The van der Waals surface area contributed by atoms with Crippen molar-refractivity contribution in [1.82, 2.24) is 0 Å². The molecule has 0 amide bonds. The molecule has 0 aliphatic heterocycles. The molecule has 0 saturated carbocycles. The Kier molecular flexibility index (Phi) is 1.81. The minimum atomic E-state index is 0.945. The number of aryl methyl sites for hydroxylation is 2. The topological polar surface area (TPSA) is 0 Å². The quantitative estimate of drug-likeness (QED) is 0.603. The van der Waals surface area contributed by atoms with Gasteiger partial charge in [0, 0.05) is 0 Å². The van der Waals surface area contributed by atoms with E-state index in [9.17, 15) is 0 Å². The van der Waals surface area contributed by atoms with Crippen LogP contribution in [0.15, 0.2) is 6.07 Å². The van der Waals surface area contributed by atoms with E-state index in [1.165, 1.54) is 44.9 Å². The molecule has 2 unspecified atom stereocenters. The standard InChI is InChI=1S/C16H20/c1-10-8-11-4-2-5-12-9-13-6-3-7-14(10)16(13)15(11)12/h8,12-13H,2-7,9H2,1H3. The average Bonchev–Trinajstić information content (AvgIpc) is 2.67. The first-order valence-corrected chi connectivity index (χ1v) is 6.99. The zero-order valence-corrected chi connectivity index (χ0v) is 10.2. The normalized spacial score (nSPS) is 30.3. The Morgan fingerprint density at radius 2 is 1.75 bits per heavy atom. The monoisotopic (exact) mass is 212 g/mol. The molecule has 0 spiro atoms. The van der Waals surface area contributed by atoms with Crippen LogP contribution in [0.2, 0.25) is 0 Å². The Balaban J connectivity index is 2.03. The Hall–Kier alpha value is -0.780. The molecule has 16 heavy (non-hydrogen) atoms. The van der Waals surface area contributed by atoms with E-state index in [0.717, 1.165) is 11.8 Å². The summed E-state index contributed by atoms with van der Waals surface area (Å²) in [7, 11) is 0. The molecule has 0 saturated heterocycles. The highest BCUT2D eigenvalue weighted by Gasteiger charge is 2.38. The van der Waals surface area contributed by atoms with E-state index >= 15 is 0 Å². The first kappa shape index (κ1) is 9.27. The SMILES string of the molecule is Cc1cc2c3c4c1CCCC4CC3CCC2. The summed E-state index contributed by atoms with van der Waals surface area (Å²) in [5.74, 6) is 1.89. The van der Waals surface area contributed by atoms with E-state index in [4.69, 9.17) is 0 Å². The van der Waals surface area contributed by atoms with Crippen LogP contribution < -0.4 is 0 Å². The molecule has 0 fully saturated rings. The fraction of sp³-hybridized carbons (Fsp3) is 0.625. The highest BCUT2D eigenvalue weighted by Crippen LogP contribution is 2.53. The van der Waals surface area contributed by atoms with E-state index in [-0.39, 0.29) is 0 Å². The fourth-order valence-electron chi connectivity index (χ4n) is 4.63. The zero-order chi connectivity index (χ0) is 10.7. The summed E-state index contributed by atoms with van der Waals surface area (Å²) in [5.41, 5.74) is 8.74. The van der Waals surface area contributed by atoms with Crippen molar-refractivity contribution in [2.24, 2.45) is 0 Å². The molecular formula is C16H20. The van der Waals surface area contributed by atoms with Crippen molar-refractivity contribution in [1.29, 1.82) is 0 Å². The second-order valence-corrected chi connectivity index (χ2v) is 6.07. The van der Waals surface area contributed by atoms with Gasteiger partial charge in [0.15, 0.2) is 0 Å². The van der Waals surface area contributed by atoms with Crippen molar-refractivity contribution in [3.05, 3.63) is 33.9 Å². The van der Waals surface area contributed by atoms with Crippen LogP contribution in [0.5, 0.6) is 0 Å². The molecule has 1 aromatic rings. The molecule has 0 radical (unpaired) electrons. The average molecular weight is 212 g/mol. The van der Waals surface area contributed by atoms with Crippen molar-refractivity contribution < 1.29 is 0 Å². The molecule has 0 bridgehead atoms. The number of rotatable bonds is 0. The molecule has 0 heteroatoms. The van der Waals surface area contributed by atoms with Gasteiger partial charge in [-0.25, -0.2) is 0 Å². The first-order chi connectivity index (χ1) is 7.84. The molecule has 3 aliphatic carbocycles. The van der Waals surface area contributed by atoms with Crippen LogP contribution in [0.3, 0.4) is 0 Å². The van der Waals surface area contributed by atoms with Gasteiger partial charge in [0.2, 0.25) is 0 Å². The maximum absolute atomic E-state index is 2.52. The van der Waals surface area contributed by atoms with Crippen molar-refractivity contribution in [3.8, 4) is 0 Å². The third-order valence-electron chi connectivity index (χ3n) is 5.19. The molecule has 0 heterocycles. The minimum Gasteiger partial charge on any atom is -0.0555 e. The third kappa shape index (κ3) is 1.06. The van der Waals surface area contributed by atoms with Gasteiger partial charge in [-0.15, -0.1) is 0 Å². The van der Waals surface area contributed by atoms with Gasteiger partial charge in [0.05, 0.1) is 0 Å². The number of benzene rings is 1. The van der Waals surface area contributed by atoms with E-state index in [1.807, 2.05) is 11.1 Å². The molecule has 0 aromatic heterocycles. The van der Waals surface area contributed by atoms with Crippen LogP contribution in [0, 0.1) is 6.92 Å². The molecule has 3 aliphatic rings. The van der Waals surface area contributed by atoms with Gasteiger partial charge >= 0.3 is 0 Å². The second kappa shape index (κ2) is 3.12. The van der Waals surface area contributed by atoms with Gasteiger partial charge in [-0.05, 0) is 91.5 Å². The lowest BCUT2D eigenvalue weighted by Crippen LogP contribution is -2.11. The Bertz CT molecular complexity index is 456. The summed E-state index contributed by atoms with van der Waals surface area (Å²) in [6.45, 7) is 2.34. The molecular weight excluding hydrogens is 192 g/mol. The van der Waals surface area contributed by atoms with Crippen LogP contribution in [0.4, 0.5) is 0 Å². The van der Waals surface area contributed by atoms with Gasteiger partial charge < -0.3 is 0 Å². The number of hydrogen-bond acceptors (Lipinski definition) is 0. The highest BCUT2D eigenvalue weighted by atomic mass is 14.4. The van der Waals surface area contributed by atoms with Crippen LogP contribution >= 0.6 is 0 Å². The zero-order valence-electron chi connectivity index (χ0n) is 10.2. The highest BCUT2D eigenvalue weighted by molar-refractivity contribution is 5.54. The maximum atomic E-state index is 2.52. The molecule has 1 aromatic carbocycles. The molecule has 2 atom stereocenters. The Morgan fingerprint density at radius 3 is 2.62 bits per heavy atom. The van der Waals surface area contributed by atoms with Gasteiger partial charge in [-0.2, -0.15) is 0 Å². The lowest BCUT2D eigenvalue weighted by atomic mass is 9.79. The second-order valence-electron chi connectivity index (χ2n) is 6.07. The van der Waals surface area contributed by atoms with Crippen LogP contribution in [-0.4, -0.2) is 0 Å². The summed E-state index contributed by atoms with van der Waals surface area (Å²) >= 11 is 0. The predicted octanol–water partition coefficient (Wildman–Crippen LogP) is 4.24. The van der Waals surface area contributed by atoms with E-state index < -0.39 is 0 Å². The predicted molar refractivity (Wildman–Crippen MR) is 67.2 cm³/mol. The molecule has 84 valence electrons. The number of hydrogen-bond donors (Lipinski definition) is 0. The van der Waals surface area contributed by atoms with Gasteiger partial charge in [-0.1, -0.05) is 6.07 Å². The Morgan fingerprint density at radius 1 is 1.00 bits per heavy atom. The smallest absolute Gasteiger partial charge is 0.0150 e. The lowest BCUT2D eigenvalue weighted by Gasteiger charge is -2.26. The van der Waals surface area contributed by atoms with Crippen LogP contribution in [0.1, 0.15) is 71.8 Å². The molecule has 4 rings (SSSR count). The van der Waals surface area contributed by atoms with E-state index in [0.29, 0.717) is 0 Å². The molecule has 0 N–H and O–H groups in total. The first-order valence-electron chi connectivity index (χ1n) is 6.99. The third-order valence-corrected chi connectivity index (χ3v) is 5.19. The van der Waals surface area contributed by atoms with E-state index in [1.54, 1.807) is 16.7 Å².